The molecule has 0 spiro atoms. The SMILES string of the molecule is CCCCCCN[C@@H](CO)c1ccc(-c2ccc(C(F)(F)F)cc2)nc1C(F)(F)F. The second-order valence-corrected chi connectivity index (χ2v) is 6.96. The Morgan fingerprint density at radius 1 is 0.900 bits per heavy atom. The van der Waals surface area contributed by atoms with E-state index in [1.54, 1.807) is 0 Å². The molecule has 9 heteroatoms. The summed E-state index contributed by atoms with van der Waals surface area (Å²) in [5.74, 6) is 0. The number of halogens is 6. The molecule has 30 heavy (non-hydrogen) atoms. The first kappa shape index (κ1) is 24.1. The van der Waals surface area contributed by atoms with Crippen molar-refractivity contribution in [3.8, 4) is 11.3 Å². The molecule has 2 aromatic rings. The predicted octanol–water partition coefficient (Wildman–Crippen LogP) is 5.99. The topological polar surface area (TPSA) is 45.1 Å². The van der Waals surface area contributed by atoms with E-state index in [0.717, 1.165) is 49.9 Å². The summed E-state index contributed by atoms with van der Waals surface area (Å²) in [7, 11) is 0. The highest BCUT2D eigenvalue weighted by Gasteiger charge is 2.37. The normalized spacial score (nSPS) is 13.5. The average Bonchev–Trinajstić information content (AvgIpc) is 2.69. The standard InChI is InChI=1S/C21H24F6N2O/c1-2-3-4-5-12-28-18(13-30)16-10-11-17(29-19(16)21(25,26)27)14-6-8-15(9-7-14)20(22,23)24/h6-11,18,28,30H,2-5,12-13H2,1H3/t18-/m0/s1. The lowest BCUT2D eigenvalue weighted by atomic mass is 10.0. The molecule has 0 aliphatic rings. The number of aliphatic hydroxyl groups is 1. The van der Waals surface area contributed by atoms with Crippen LogP contribution >= 0.6 is 0 Å². The zero-order valence-corrected chi connectivity index (χ0v) is 16.4. The molecule has 0 unspecified atom stereocenters. The molecule has 1 aromatic heterocycles. The Bertz CT molecular complexity index is 803. The van der Waals surface area contributed by atoms with Gasteiger partial charge in [0, 0.05) is 11.1 Å². The van der Waals surface area contributed by atoms with Crippen LogP contribution in [0, 0.1) is 0 Å². The first-order chi connectivity index (χ1) is 14.1. The lowest BCUT2D eigenvalue weighted by molar-refractivity contribution is -0.142. The van der Waals surface area contributed by atoms with Crippen LogP contribution in [0.2, 0.25) is 0 Å². The first-order valence-electron chi connectivity index (χ1n) is 9.68. The quantitative estimate of drug-likeness (QED) is 0.376. The minimum absolute atomic E-state index is 0.0977. The van der Waals surface area contributed by atoms with Gasteiger partial charge in [0.2, 0.25) is 0 Å². The third-order valence-corrected chi connectivity index (χ3v) is 4.68. The van der Waals surface area contributed by atoms with Crippen molar-refractivity contribution in [2.24, 2.45) is 0 Å². The maximum absolute atomic E-state index is 13.6. The second-order valence-electron chi connectivity index (χ2n) is 6.96. The molecule has 166 valence electrons. The van der Waals surface area contributed by atoms with Gasteiger partial charge in [-0.3, -0.25) is 0 Å². The largest absolute Gasteiger partial charge is 0.433 e. The molecule has 0 saturated heterocycles. The van der Waals surface area contributed by atoms with Gasteiger partial charge in [-0.1, -0.05) is 44.4 Å². The molecule has 0 aliphatic carbocycles. The van der Waals surface area contributed by atoms with Crippen molar-refractivity contribution >= 4 is 0 Å². The number of hydrogen-bond acceptors (Lipinski definition) is 3. The summed E-state index contributed by atoms with van der Waals surface area (Å²) in [5.41, 5.74) is -2.23. The molecular formula is C21H24F6N2O. The Labute approximate surface area is 171 Å². The van der Waals surface area contributed by atoms with Crippen LogP contribution in [-0.4, -0.2) is 23.2 Å². The molecule has 0 amide bonds. The van der Waals surface area contributed by atoms with Crippen molar-refractivity contribution in [1.29, 1.82) is 0 Å². The lowest BCUT2D eigenvalue weighted by Crippen LogP contribution is -2.28. The second kappa shape index (κ2) is 10.3. The van der Waals surface area contributed by atoms with Crippen LogP contribution in [0.3, 0.4) is 0 Å². The third-order valence-electron chi connectivity index (χ3n) is 4.68. The number of aliphatic hydroxyl groups excluding tert-OH is 1. The van der Waals surface area contributed by atoms with E-state index in [4.69, 9.17) is 0 Å². The van der Waals surface area contributed by atoms with Gasteiger partial charge < -0.3 is 10.4 Å². The molecule has 1 atom stereocenters. The highest BCUT2D eigenvalue weighted by molar-refractivity contribution is 5.60. The molecule has 2 N–H and O–H groups in total. The Morgan fingerprint density at radius 3 is 2.10 bits per heavy atom. The van der Waals surface area contributed by atoms with Crippen molar-refractivity contribution in [2.45, 2.75) is 51.0 Å². The fraction of sp³-hybridized carbons (Fsp3) is 0.476. The summed E-state index contributed by atoms with van der Waals surface area (Å²) in [6.07, 6.45) is -5.58. The van der Waals surface area contributed by atoms with E-state index < -0.39 is 36.3 Å². The van der Waals surface area contributed by atoms with Crippen molar-refractivity contribution in [1.82, 2.24) is 10.3 Å². The van der Waals surface area contributed by atoms with Crippen LogP contribution in [-0.2, 0) is 12.4 Å². The molecule has 1 aromatic carbocycles. The minimum atomic E-state index is -4.78. The van der Waals surface area contributed by atoms with Crippen molar-refractivity contribution < 1.29 is 31.4 Å². The average molecular weight is 434 g/mol. The van der Waals surface area contributed by atoms with Gasteiger partial charge in [0.1, 0.15) is 5.69 Å². The third kappa shape index (κ3) is 6.43. The maximum Gasteiger partial charge on any atom is 0.433 e. The monoisotopic (exact) mass is 434 g/mol. The lowest BCUT2D eigenvalue weighted by Gasteiger charge is -2.21. The number of nitrogens with one attached hydrogen (secondary N) is 1. The van der Waals surface area contributed by atoms with Gasteiger partial charge in [0.05, 0.1) is 23.9 Å². The highest BCUT2D eigenvalue weighted by atomic mass is 19.4. The van der Waals surface area contributed by atoms with Crippen LogP contribution in [0.15, 0.2) is 36.4 Å². The Morgan fingerprint density at radius 2 is 1.57 bits per heavy atom. The fourth-order valence-electron chi connectivity index (χ4n) is 3.07. The molecule has 1 heterocycles. The van der Waals surface area contributed by atoms with Crippen molar-refractivity contribution in [2.75, 3.05) is 13.2 Å². The number of unbranched alkanes of at least 4 members (excludes halogenated alkanes) is 3. The smallest absolute Gasteiger partial charge is 0.394 e. The number of benzene rings is 1. The summed E-state index contributed by atoms with van der Waals surface area (Å²) in [5, 5.41) is 12.5. The molecule has 2 rings (SSSR count). The van der Waals surface area contributed by atoms with Gasteiger partial charge >= 0.3 is 12.4 Å². The van der Waals surface area contributed by atoms with Crippen LogP contribution in [0.25, 0.3) is 11.3 Å². The maximum atomic E-state index is 13.6. The van der Waals surface area contributed by atoms with Crippen molar-refractivity contribution in [3.05, 3.63) is 53.2 Å². The number of hydrogen-bond donors (Lipinski definition) is 2. The van der Waals surface area contributed by atoms with E-state index in [2.05, 4.69) is 10.3 Å². The Balaban J connectivity index is 2.30. The number of rotatable bonds is 9. The van der Waals surface area contributed by atoms with Crippen molar-refractivity contribution in [3.63, 3.8) is 0 Å². The van der Waals surface area contributed by atoms with Crippen LogP contribution in [0.4, 0.5) is 26.3 Å². The van der Waals surface area contributed by atoms with E-state index in [9.17, 15) is 31.4 Å². The number of aromatic nitrogens is 1. The molecule has 0 fully saturated rings. The van der Waals surface area contributed by atoms with E-state index in [1.807, 2.05) is 6.92 Å². The Hall–Kier alpha value is -2.13. The number of pyridine rings is 1. The van der Waals surface area contributed by atoms with Crippen LogP contribution in [0.5, 0.6) is 0 Å². The highest BCUT2D eigenvalue weighted by Crippen LogP contribution is 2.36. The molecule has 0 bridgehead atoms. The van der Waals surface area contributed by atoms with E-state index in [1.165, 1.54) is 12.1 Å². The molecule has 0 saturated carbocycles. The van der Waals surface area contributed by atoms with Gasteiger partial charge in [0.25, 0.3) is 0 Å². The van der Waals surface area contributed by atoms with E-state index in [0.29, 0.717) is 6.54 Å². The first-order valence-corrected chi connectivity index (χ1v) is 9.68. The van der Waals surface area contributed by atoms with Gasteiger partial charge in [0.15, 0.2) is 0 Å². The van der Waals surface area contributed by atoms with Crippen LogP contribution < -0.4 is 5.32 Å². The molecule has 3 nitrogen and oxygen atoms in total. The molecule has 0 aliphatic heterocycles. The van der Waals surface area contributed by atoms with Gasteiger partial charge in [-0.05, 0) is 31.2 Å². The van der Waals surface area contributed by atoms with Gasteiger partial charge in [-0.15, -0.1) is 0 Å². The number of alkyl halides is 6. The summed E-state index contributed by atoms with van der Waals surface area (Å²) in [6, 6.07) is 5.34. The molecule has 0 radical (unpaired) electrons. The molecular weight excluding hydrogens is 410 g/mol. The van der Waals surface area contributed by atoms with Gasteiger partial charge in [-0.2, -0.15) is 26.3 Å². The predicted molar refractivity (Wildman–Crippen MR) is 102 cm³/mol. The Kier molecular flexibility index (Phi) is 8.25. The fourth-order valence-corrected chi connectivity index (χ4v) is 3.07. The zero-order chi connectivity index (χ0) is 22.4. The van der Waals surface area contributed by atoms with Gasteiger partial charge in [-0.25, -0.2) is 4.98 Å². The minimum Gasteiger partial charge on any atom is -0.394 e. The van der Waals surface area contributed by atoms with E-state index >= 15 is 0 Å². The van der Waals surface area contributed by atoms with Crippen LogP contribution in [0.1, 0.15) is 55.5 Å². The summed E-state index contributed by atoms with van der Waals surface area (Å²) >= 11 is 0. The zero-order valence-electron chi connectivity index (χ0n) is 16.4. The summed E-state index contributed by atoms with van der Waals surface area (Å²) in [4.78, 5) is 3.68. The summed E-state index contributed by atoms with van der Waals surface area (Å²) < 4.78 is 79.0. The number of nitrogens with zero attached hydrogens (tertiary/aromatic N) is 1. The summed E-state index contributed by atoms with van der Waals surface area (Å²) in [6.45, 7) is 1.95. The van der Waals surface area contributed by atoms with E-state index in [-0.39, 0.29) is 16.8 Å².